The summed E-state index contributed by atoms with van der Waals surface area (Å²) in [4.78, 5) is 15.8. The Kier molecular flexibility index (Phi) is 5.24. The Morgan fingerprint density at radius 2 is 2.17 bits per heavy atom. The Morgan fingerprint density at radius 1 is 1.33 bits per heavy atom. The molecule has 0 bridgehead atoms. The Balaban J connectivity index is 1.62. The number of ether oxygens (including phenoxy) is 1. The number of nitrogens with one attached hydrogen (secondary N) is 2. The van der Waals surface area contributed by atoms with Crippen molar-refractivity contribution in [3.63, 3.8) is 0 Å². The van der Waals surface area contributed by atoms with Crippen LogP contribution in [0.1, 0.15) is 41.6 Å². The number of aryl methyl sites for hydroxylation is 3. The van der Waals surface area contributed by atoms with Gasteiger partial charge in [-0.25, -0.2) is 0 Å². The number of amides is 1. The monoisotopic (exact) mass is 328 g/mol. The molecular formula is C20H28N2O2. The van der Waals surface area contributed by atoms with E-state index in [0.29, 0.717) is 12.3 Å². The maximum atomic E-state index is 12.4. The zero-order valence-corrected chi connectivity index (χ0v) is 15.0. The van der Waals surface area contributed by atoms with Crippen molar-refractivity contribution in [1.29, 1.82) is 0 Å². The molecule has 2 heterocycles. The van der Waals surface area contributed by atoms with Gasteiger partial charge in [0, 0.05) is 36.4 Å². The molecule has 0 aliphatic carbocycles. The van der Waals surface area contributed by atoms with Crippen molar-refractivity contribution in [2.75, 3.05) is 19.8 Å². The Hall–Kier alpha value is -1.81. The molecule has 1 atom stereocenters. The van der Waals surface area contributed by atoms with E-state index < -0.39 is 0 Å². The van der Waals surface area contributed by atoms with E-state index in [1.165, 1.54) is 22.9 Å². The smallest absolute Gasteiger partial charge is 0.224 e. The van der Waals surface area contributed by atoms with Crippen molar-refractivity contribution in [3.05, 3.63) is 34.5 Å². The second-order valence-electron chi connectivity index (χ2n) is 7.13. The van der Waals surface area contributed by atoms with E-state index >= 15 is 0 Å². The first-order valence-electron chi connectivity index (χ1n) is 8.97. The molecule has 1 fully saturated rings. The second kappa shape index (κ2) is 7.39. The maximum Gasteiger partial charge on any atom is 0.224 e. The van der Waals surface area contributed by atoms with Crippen LogP contribution in [-0.2, 0) is 16.0 Å². The molecule has 0 spiro atoms. The van der Waals surface area contributed by atoms with E-state index in [2.05, 4.69) is 43.2 Å². The van der Waals surface area contributed by atoms with Crippen LogP contribution in [0.25, 0.3) is 10.9 Å². The van der Waals surface area contributed by atoms with Gasteiger partial charge < -0.3 is 15.0 Å². The molecular weight excluding hydrogens is 300 g/mol. The fourth-order valence-corrected chi connectivity index (χ4v) is 3.74. The van der Waals surface area contributed by atoms with Crippen LogP contribution in [-0.4, -0.2) is 30.6 Å². The van der Waals surface area contributed by atoms with Gasteiger partial charge in [-0.2, -0.15) is 0 Å². The number of benzene rings is 1. The maximum absolute atomic E-state index is 12.4. The number of hydrogen-bond acceptors (Lipinski definition) is 2. The van der Waals surface area contributed by atoms with Gasteiger partial charge in [0.05, 0.1) is 6.42 Å². The predicted molar refractivity (Wildman–Crippen MR) is 97.4 cm³/mol. The van der Waals surface area contributed by atoms with E-state index in [4.69, 9.17) is 4.74 Å². The number of H-pyrrole nitrogens is 1. The summed E-state index contributed by atoms with van der Waals surface area (Å²) in [6, 6.07) is 4.35. The van der Waals surface area contributed by atoms with E-state index in [1.54, 1.807) is 0 Å². The third-order valence-corrected chi connectivity index (χ3v) is 5.04. The minimum absolute atomic E-state index is 0.106. The molecule has 1 aromatic carbocycles. The molecule has 2 N–H and O–H groups in total. The van der Waals surface area contributed by atoms with Gasteiger partial charge in [-0.15, -0.1) is 0 Å². The van der Waals surface area contributed by atoms with Gasteiger partial charge in [-0.05, 0) is 63.1 Å². The Morgan fingerprint density at radius 3 is 2.92 bits per heavy atom. The summed E-state index contributed by atoms with van der Waals surface area (Å²) in [5.74, 6) is 0.703. The number of fused-ring (bicyclic) bond motifs is 1. The van der Waals surface area contributed by atoms with Crippen LogP contribution in [0, 0.1) is 26.7 Å². The molecule has 0 saturated carbocycles. The van der Waals surface area contributed by atoms with E-state index in [0.717, 1.165) is 49.4 Å². The number of hydrogen-bond donors (Lipinski definition) is 2. The first-order valence-corrected chi connectivity index (χ1v) is 8.97. The molecule has 2 aromatic rings. The first kappa shape index (κ1) is 17.0. The number of rotatable bonds is 5. The fraction of sp³-hybridized carbons (Fsp3) is 0.550. The largest absolute Gasteiger partial charge is 0.381 e. The zero-order chi connectivity index (χ0) is 17.1. The van der Waals surface area contributed by atoms with Crippen molar-refractivity contribution in [2.24, 2.45) is 5.92 Å². The Labute approximate surface area is 144 Å². The van der Waals surface area contributed by atoms with Crippen LogP contribution in [0.5, 0.6) is 0 Å². The Bertz CT molecular complexity index is 727. The molecule has 130 valence electrons. The predicted octanol–water partition coefficient (Wildman–Crippen LogP) is 3.57. The lowest BCUT2D eigenvalue weighted by molar-refractivity contribution is -0.120. The molecule has 0 unspecified atom stereocenters. The number of carbonyl (C=O) groups is 1. The lowest BCUT2D eigenvalue weighted by atomic mass is 9.98. The van der Waals surface area contributed by atoms with Crippen molar-refractivity contribution in [2.45, 2.75) is 46.5 Å². The summed E-state index contributed by atoms with van der Waals surface area (Å²) in [7, 11) is 0. The highest BCUT2D eigenvalue weighted by atomic mass is 16.5. The van der Waals surface area contributed by atoms with Gasteiger partial charge >= 0.3 is 0 Å². The molecule has 1 aliphatic heterocycles. The normalized spacial score (nSPS) is 18.0. The van der Waals surface area contributed by atoms with Gasteiger partial charge in [-0.3, -0.25) is 4.79 Å². The molecule has 1 aliphatic rings. The van der Waals surface area contributed by atoms with Crippen LogP contribution in [0.4, 0.5) is 0 Å². The van der Waals surface area contributed by atoms with Gasteiger partial charge in [0.25, 0.3) is 0 Å². The molecule has 1 amide bonds. The summed E-state index contributed by atoms with van der Waals surface area (Å²) in [6.07, 6.45) is 3.81. The minimum Gasteiger partial charge on any atom is -0.381 e. The lowest BCUT2D eigenvalue weighted by Crippen LogP contribution is -2.29. The quantitative estimate of drug-likeness (QED) is 0.881. The minimum atomic E-state index is 0.106. The molecule has 3 rings (SSSR count). The van der Waals surface area contributed by atoms with Gasteiger partial charge in [0.2, 0.25) is 5.91 Å². The second-order valence-corrected chi connectivity index (χ2v) is 7.13. The summed E-state index contributed by atoms with van der Waals surface area (Å²) in [5.41, 5.74) is 5.83. The van der Waals surface area contributed by atoms with Crippen molar-refractivity contribution in [3.8, 4) is 0 Å². The third-order valence-electron chi connectivity index (χ3n) is 5.04. The SMILES string of the molecule is Cc1cc(C)c2[nH]c(C)c(CC(=O)NCC[C@@H]3CCCOC3)c2c1. The molecule has 1 saturated heterocycles. The summed E-state index contributed by atoms with van der Waals surface area (Å²) >= 11 is 0. The average molecular weight is 328 g/mol. The topological polar surface area (TPSA) is 54.1 Å². The van der Waals surface area contributed by atoms with E-state index in [-0.39, 0.29) is 5.91 Å². The van der Waals surface area contributed by atoms with Gasteiger partial charge in [0.15, 0.2) is 0 Å². The molecule has 4 heteroatoms. The van der Waals surface area contributed by atoms with Crippen LogP contribution in [0.3, 0.4) is 0 Å². The van der Waals surface area contributed by atoms with Gasteiger partial charge in [0.1, 0.15) is 0 Å². The van der Waals surface area contributed by atoms with Crippen LogP contribution < -0.4 is 5.32 Å². The highest BCUT2D eigenvalue weighted by Gasteiger charge is 2.16. The van der Waals surface area contributed by atoms with Gasteiger partial charge in [-0.1, -0.05) is 11.6 Å². The molecule has 4 nitrogen and oxygen atoms in total. The van der Waals surface area contributed by atoms with Crippen LogP contribution in [0.2, 0.25) is 0 Å². The summed E-state index contributed by atoms with van der Waals surface area (Å²) in [5, 5.41) is 4.26. The van der Waals surface area contributed by atoms with Crippen molar-refractivity contribution in [1.82, 2.24) is 10.3 Å². The fourth-order valence-electron chi connectivity index (χ4n) is 3.74. The van der Waals surface area contributed by atoms with Crippen LogP contribution >= 0.6 is 0 Å². The number of aromatic nitrogens is 1. The summed E-state index contributed by atoms with van der Waals surface area (Å²) < 4.78 is 5.49. The first-order chi connectivity index (χ1) is 11.5. The highest BCUT2D eigenvalue weighted by Crippen LogP contribution is 2.26. The highest BCUT2D eigenvalue weighted by molar-refractivity contribution is 5.92. The number of carbonyl (C=O) groups excluding carboxylic acids is 1. The molecule has 0 radical (unpaired) electrons. The number of aromatic amines is 1. The van der Waals surface area contributed by atoms with Crippen molar-refractivity contribution < 1.29 is 9.53 Å². The molecule has 24 heavy (non-hydrogen) atoms. The lowest BCUT2D eigenvalue weighted by Gasteiger charge is -2.21. The van der Waals surface area contributed by atoms with E-state index in [9.17, 15) is 4.79 Å². The summed E-state index contributed by atoms with van der Waals surface area (Å²) in [6.45, 7) is 8.74. The zero-order valence-electron chi connectivity index (χ0n) is 15.0. The third kappa shape index (κ3) is 3.81. The average Bonchev–Trinajstić information content (AvgIpc) is 2.85. The van der Waals surface area contributed by atoms with E-state index in [1.807, 2.05) is 0 Å². The van der Waals surface area contributed by atoms with Crippen molar-refractivity contribution >= 4 is 16.8 Å². The van der Waals surface area contributed by atoms with Crippen LogP contribution in [0.15, 0.2) is 12.1 Å². The standard InChI is InChI=1S/C20H28N2O2/c1-13-9-14(2)20-18(10-13)17(15(3)22-20)11-19(23)21-7-6-16-5-4-8-24-12-16/h9-10,16,22H,4-8,11-12H2,1-3H3,(H,21,23)/t16-/m0/s1. The molecule has 1 aromatic heterocycles.